The maximum absolute atomic E-state index is 12.4. The van der Waals surface area contributed by atoms with E-state index in [9.17, 15) is 34.8 Å². The van der Waals surface area contributed by atoms with Crippen LogP contribution in [0.5, 0.6) is 0 Å². The van der Waals surface area contributed by atoms with E-state index < -0.39 is 54.0 Å². The molecule has 26 heteroatoms. The van der Waals surface area contributed by atoms with Gasteiger partial charge in [-0.05, 0) is 65.8 Å². The summed E-state index contributed by atoms with van der Waals surface area (Å²) in [6.45, 7) is 11.4. The Labute approximate surface area is 340 Å². The molecule has 3 aromatic rings. The zero-order valence-corrected chi connectivity index (χ0v) is 36.0. The van der Waals surface area contributed by atoms with Gasteiger partial charge in [-0.25, -0.2) is 24.5 Å². The summed E-state index contributed by atoms with van der Waals surface area (Å²) < 4.78 is 89.5. The Morgan fingerprint density at radius 3 is 1.46 bits per heavy atom. The van der Waals surface area contributed by atoms with Gasteiger partial charge in [-0.3, -0.25) is 8.61 Å². The smallest absolute Gasteiger partial charge is 0.425 e. The van der Waals surface area contributed by atoms with Gasteiger partial charge >= 0.3 is 42.8 Å². The molecule has 0 atom stereocenters. The minimum atomic E-state index is -3.96. The van der Waals surface area contributed by atoms with E-state index >= 15 is 0 Å². The van der Waals surface area contributed by atoms with Crippen LogP contribution in [0.2, 0.25) is 0 Å². The Kier molecular flexibility index (Phi) is 15.3. The number of nitrogen functional groups attached to an aromatic ring is 3. The van der Waals surface area contributed by atoms with Crippen molar-refractivity contribution >= 4 is 87.6 Å². The Morgan fingerprint density at radius 2 is 1.07 bits per heavy atom. The van der Waals surface area contributed by atoms with Gasteiger partial charge in [0, 0.05) is 54.8 Å². The topological polar surface area (TPSA) is 309 Å². The molecule has 316 valence electrons. The van der Waals surface area contributed by atoms with Gasteiger partial charge in [0.25, 0.3) is 0 Å². The molecule has 8 N–H and O–H groups in total. The van der Waals surface area contributed by atoms with Crippen molar-refractivity contribution in [3.8, 4) is 0 Å². The van der Waals surface area contributed by atoms with Crippen molar-refractivity contribution in [3.05, 3.63) is 59.5 Å². The monoisotopic (exact) mass is 922 g/mol. The van der Waals surface area contributed by atoms with Crippen LogP contribution in [-0.2, 0) is 40.1 Å². The van der Waals surface area contributed by atoms with E-state index in [2.05, 4.69) is 40.3 Å². The second-order valence-corrected chi connectivity index (χ2v) is 19.9. The fourth-order valence-electron chi connectivity index (χ4n) is 4.62. The Morgan fingerprint density at radius 1 is 0.632 bits per heavy atom. The molecule has 0 unspecified atom stereocenters. The number of ether oxygens (including phenoxy) is 2. The first-order valence-electron chi connectivity index (χ1n) is 16.8. The molecule has 0 radical (unpaired) electrons. The lowest BCUT2D eigenvalue weighted by atomic mass is 10.2. The third-order valence-electron chi connectivity index (χ3n) is 6.88. The number of carbonyl (C=O) groups is 2. The van der Waals surface area contributed by atoms with Crippen LogP contribution in [0, 0.1) is 0 Å². The van der Waals surface area contributed by atoms with Gasteiger partial charge in [-0.15, -0.1) is 0 Å². The Bertz CT molecular complexity index is 2200. The molecule has 3 aromatic heterocycles. The second-order valence-electron chi connectivity index (χ2n) is 13.8. The van der Waals surface area contributed by atoms with Crippen LogP contribution < -0.4 is 35.3 Å². The SMILES string of the molecule is CC(C)(C)OC(=O)N1CCN(c2ccnc(N)c2)S1(=O)=O.CC(C)(C)OC(=O)N1CCNS1(=O)=O.Nc1cc(Br)ccn1.Nc1cc(N2CCNS2(=O)=O)ccn1. The van der Waals surface area contributed by atoms with Gasteiger partial charge in [0.2, 0.25) is 0 Å². The summed E-state index contributed by atoms with van der Waals surface area (Å²) in [5.74, 6) is 1.06. The van der Waals surface area contributed by atoms with Crippen molar-refractivity contribution < 1.29 is 44.3 Å². The van der Waals surface area contributed by atoms with Crippen LogP contribution in [0.15, 0.2) is 59.5 Å². The summed E-state index contributed by atoms with van der Waals surface area (Å²) in [5.41, 5.74) is 15.8. The summed E-state index contributed by atoms with van der Waals surface area (Å²) in [7, 11) is -11.0. The number of carbonyl (C=O) groups excluding carboxylic acids is 2. The molecule has 0 bridgehead atoms. The lowest BCUT2D eigenvalue weighted by molar-refractivity contribution is 0.0392. The van der Waals surface area contributed by atoms with E-state index in [1.165, 1.54) is 34.9 Å². The molecule has 6 rings (SSSR count). The van der Waals surface area contributed by atoms with Crippen LogP contribution in [-0.4, -0.2) is 111 Å². The van der Waals surface area contributed by atoms with Gasteiger partial charge in [0.05, 0.1) is 31.0 Å². The predicted octanol–water partition coefficient (Wildman–Crippen LogP) is 1.78. The molecule has 57 heavy (non-hydrogen) atoms. The number of nitrogens with one attached hydrogen (secondary N) is 2. The highest BCUT2D eigenvalue weighted by atomic mass is 79.9. The Balaban J connectivity index is 0.000000214. The highest BCUT2D eigenvalue weighted by molar-refractivity contribution is 9.10. The molecule has 0 aromatic carbocycles. The number of nitrogens with two attached hydrogens (primary N) is 3. The van der Waals surface area contributed by atoms with Gasteiger partial charge in [-0.2, -0.15) is 43.3 Å². The molecule has 0 spiro atoms. The predicted molar refractivity (Wildman–Crippen MR) is 217 cm³/mol. The zero-order valence-electron chi connectivity index (χ0n) is 32.0. The van der Waals surface area contributed by atoms with Gasteiger partial charge < -0.3 is 26.7 Å². The zero-order chi connectivity index (χ0) is 43.0. The lowest BCUT2D eigenvalue weighted by Crippen LogP contribution is -2.40. The molecule has 0 saturated carbocycles. The fraction of sp³-hybridized carbons (Fsp3) is 0.452. The van der Waals surface area contributed by atoms with E-state index in [0.717, 1.165) is 13.1 Å². The van der Waals surface area contributed by atoms with Crippen LogP contribution in [0.25, 0.3) is 0 Å². The average molecular weight is 924 g/mol. The molecule has 2 amide bonds. The van der Waals surface area contributed by atoms with Crippen molar-refractivity contribution in [2.75, 3.05) is 65.1 Å². The molecule has 3 aliphatic heterocycles. The average Bonchev–Trinajstić information content (AvgIpc) is 3.72. The molecule has 0 aliphatic carbocycles. The molecular weight excluding hydrogens is 877 g/mol. The summed E-state index contributed by atoms with van der Waals surface area (Å²) in [4.78, 5) is 34.7. The highest BCUT2D eigenvalue weighted by Gasteiger charge is 2.42. The van der Waals surface area contributed by atoms with Gasteiger partial charge in [0.15, 0.2) is 0 Å². The normalized spacial score (nSPS) is 17.9. The van der Waals surface area contributed by atoms with E-state index in [0.29, 0.717) is 40.4 Å². The minimum absolute atomic E-state index is 0.0273. The first-order valence-corrected chi connectivity index (χ1v) is 21.9. The number of halogens is 1. The first kappa shape index (κ1) is 46.6. The standard InChI is InChI=1S/C12H18N4O4S.C7H10N4O2S.C7H14N2O4S.C5H5BrN2/c1-12(2,3)20-11(17)16-7-6-15(21(16,18)19)9-4-5-14-10(13)8-9;8-7-5-6(1-2-9-7)11-4-3-10-14(11,12)13;1-7(2,3)13-6(10)9-5-4-8-14(9,11)12;6-4-1-2-8-5(7)3-4/h4-5,8H,6-7H2,1-3H3,(H2,13,14);1-2,5,10H,3-4H2,(H2,8,9);8H,4-5H2,1-3H3;1-3H,(H2,7,8). The van der Waals surface area contributed by atoms with Crippen molar-refractivity contribution in [2.24, 2.45) is 0 Å². The maximum Gasteiger partial charge on any atom is 0.425 e. The molecule has 3 saturated heterocycles. The summed E-state index contributed by atoms with van der Waals surface area (Å²) in [6, 6.07) is 9.68. The number of aromatic nitrogens is 3. The van der Waals surface area contributed by atoms with Crippen LogP contribution in [0.3, 0.4) is 0 Å². The summed E-state index contributed by atoms with van der Waals surface area (Å²) >= 11 is 3.24. The molecular formula is C31H47BrN12O10S3. The molecule has 3 fully saturated rings. The summed E-state index contributed by atoms with van der Waals surface area (Å²) in [6.07, 6.45) is 2.84. The number of hydrogen-bond donors (Lipinski definition) is 5. The lowest BCUT2D eigenvalue weighted by Gasteiger charge is -2.24. The Hall–Kier alpha value is -4.76. The quantitative estimate of drug-likeness (QED) is 0.245. The number of amides is 2. The van der Waals surface area contributed by atoms with Crippen LogP contribution >= 0.6 is 15.9 Å². The fourth-order valence-corrected chi connectivity index (χ4v) is 8.73. The summed E-state index contributed by atoms with van der Waals surface area (Å²) in [5, 5.41) is 0. The van der Waals surface area contributed by atoms with E-state index in [1.54, 1.807) is 59.9 Å². The maximum atomic E-state index is 12.4. The number of pyridine rings is 3. The van der Waals surface area contributed by atoms with Crippen molar-refractivity contribution in [1.29, 1.82) is 0 Å². The third kappa shape index (κ3) is 14.0. The number of rotatable bonds is 2. The number of hydrogen-bond acceptors (Lipinski definition) is 16. The molecule has 3 aliphatic rings. The van der Waals surface area contributed by atoms with Crippen molar-refractivity contribution in [1.82, 2.24) is 33.0 Å². The second kappa shape index (κ2) is 18.7. The molecule has 22 nitrogen and oxygen atoms in total. The van der Waals surface area contributed by atoms with E-state index in [1.807, 2.05) is 6.07 Å². The minimum Gasteiger partial charge on any atom is -0.443 e. The van der Waals surface area contributed by atoms with E-state index in [-0.39, 0.29) is 32.0 Å². The molecule has 6 heterocycles. The van der Waals surface area contributed by atoms with E-state index in [4.69, 9.17) is 26.7 Å². The number of anilines is 5. The van der Waals surface area contributed by atoms with Crippen molar-refractivity contribution in [2.45, 2.75) is 52.7 Å². The van der Waals surface area contributed by atoms with Crippen molar-refractivity contribution in [3.63, 3.8) is 0 Å². The van der Waals surface area contributed by atoms with Crippen LogP contribution in [0.4, 0.5) is 38.4 Å². The highest BCUT2D eigenvalue weighted by Crippen LogP contribution is 2.27. The van der Waals surface area contributed by atoms with Gasteiger partial charge in [-0.1, -0.05) is 15.9 Å². The van der Waals surface area contributed by atoms with Gasteiger partial charge in [0.1, 0.15) is 28.7 Å². The third-order valence-corrected chi connectivity index (χ3v) is 12.2. The largest absolute Gasteiger partial charge is 0.443 e. The first-order chi connectivity index (χ1) is 26.2. The van der Waals surface area contributed by atoms with Crippen LogP contribution in [0.1, 0.15) is 41.5 Å². The number of nitrogens with zero attached hydrogens (tertiary/aromatic N) is 7.